The van der Waals surface area contributed by atoms with Crippen molar-refractivity contribution in [2.24, 2.45) is 4.99 Å². The highest BCUT2D eigenvalue weighted by Gasteiger charge is 2.17. The zero-order valence-corrected chi connectivity index (χ0v) is 8.72. The number of nitrogens with zero attached hydrogens (tertiary/aromatic N) is 1. The van der Waals surface area contributed by atoms with Gasteiger partial charge in [0.2, 0.25) is 0 Å². The minimum absolute atomic E-state index is 0.00185. The Hall–Kier alpha value is -2.09. The number of phenolic OH excluding ortho intramolecular Hbond substituents is 1. The number of hydrogen-bond donors (Lipinski definition) is 1. The molecule has 1 atom stereocenters. The average molecular weight is 209 g/mol. The molecule has 2 aromatic rings. The second kappa shape index (κ2) is 3.20. The Balaban J connectivity index is 2.48. The van der Waals surface area contributed by atoms with E-state index in [1.807, 2.05) is 36.4 Å². The van der Waals surface area contributed by atoms with Crippen LogP contribution in [0.2, 0.25) is 0 Å². The predicted octanol–water partition coefficient (Wildman–Crippen LogP) is 3.31. The summed E-state index contributed by atoms with van der Waals surface area (Å²) in [6, 6.07) is 9.74. The van der Waals surface area contributed by atoms with Crippen molar-refractivity contribution in [3.8, 4) is 5.75 Å². The molecule has 78 valence electrons. The fraction of sp³-hybridized carbons (Fsp3) is 0.0714. The van der Waals surface area contributed by atoms with Gasteiger partial charge >= 0.3 is 0 Å². The molecule has 1 aliphatic carbocycles. The van der Waals surface area contributed by atoms with E-state index in [9.17, 15) is 5.11 Å². The third-order valence-corrected chi connectivity index (χ3v) is 3.06. The molecule has 1 N–H and O–H groups in total. The van der Waals surface area contributed by atoms with Crippen LogP contribution >= 0.6 is 0 Å². The van der Waals surface area contributed by atoms with E-state index in [0.29, 0.717) is 5.75 Å². The van der Waals surface area contributed by atoms with Crippen LogP contribution < -0.4 is 0 Å². The van der Waals surface area contributed by atoms with E-state index in [0.717, 1.165) is 21.9 Å². The van der Waals surface area contributed by atoms with Gasteiger partial charge in [0.25, 0.3) is 0 Å². The maximum atomic E-state index is 9.83. The van der Waals surface area contributed by atoms with Gasteiger partial charge in [0.1, 0.15) is 5.75 Å². The van der Waals surface area contributed by atoms with Crippen molar-refractivity contribution < 1.29 is 5.11 Å². The summed E-state index contributed by atoms with van der Waals surface area (Å²) < 4.78 is 0. The number of benzene rings is 2. The Morgan fingerprint density at radius 3 is 2.88 bits per heavy atom. The Kier molecular flexibility index (Phi) is 1.83. The van der Waals surface area contributed by atoms with E-state index in [1.165, 1.54) is 0 Å². The van der Waals surface area contributed by atoms with E-state index in [1.54, 1.807) is 6.07 Å². The molecule has 2 heteroatoms. The molecule has 1 unspecified atom stereocenters. The van der Waals surface area contributed by atoms with Gasteiger partial charge in [-0.05, 0) is 29.1 Å². The molecule has 2 aromatic carbocycles. The van der Waals surface area contributed by atoms with E-state index >= 15 is 0 Å². The first-order valence-electron chi connectivity index (χ1n) is 5.20. The monoisotopic (exact) mass is 209 g/mol. The van der Waals surface area contributed by atoms with E-state index in [-0.39, 0.29) is 6.04 Å². The van der Waals surface area contributed by atoms with Crippen LogP contribution in [0, 0.1) is 0 Å². The van der Waals surface area contributed by atoms with Crippen molar-refractivity contribution in [2.75, 3.05) is 0 Å². The maximum absolute atomic E-state index is 9.83. The van der Waals surface area contributed by atoms with Gasteiger partial charge in [-0.15, -0.1) is 0 Å². The van der Waals surface area contributed by atoms with Gasteiger partial charge in [-0.2, -0.15) is 0 Å². The molecule has 2 nitrogen and oxygen atoms in total. The lowest BCUT2D eigenvalue weighted by atomic mass is 9.90. The zero-order chi connectivity index (χ0) is 11.1. The molecule has 0 spiro atoms. The van der Waals surface area contributed by atoms with Gasteiger partial charge in [-0.1, -0.05) is 36.4 Å². The van der Waals surface area contributed by atoms with Crippen LogP contribution in [0.15, 0.2) is 41.4 Å². The van der Waals surface area contributed by atoms with Gasteiger partial charge in [0.05, 0.1) is 6.04 Å². The highest BCUT2D eigenvalue weighted by Crippen LogP contribution is 2.38. The quantitative estimate of drug-likeness (QED) is 0.718. The minimum atomic E-state index is -0.00185. The molecular formula is C14H11NO. The molecule has 0 saturated heterocycles. The molecule has 0 radical (unpaired) electrons. The molecule has 3 rings (SSSR count). The van der Waals surface area contributed by atoms with E-state index in [2.05, 4.69) is 11.7 Å². The summed E-state index contributed by atoms with van der Waals surface area (Å²) in [6.45, 7) is 3.60. The van der Waals surface area contributed by atoms with Gasteiger partial charge in [-0.25, -0.2) is 0 Å². The first kappa shape index (κ1) is 9.16. The maximum Gasteiger partial charge on any atom is 0.123 e. The summed E-state index contributed by atoms with van der Waals surface area (Å²) >= 11 is 0. The smallest absolute Gasteiger partial charge is 0.123 e. The van der Waals surface area contributed by atoms with Crippen LogP contribution in [-0.2, 0) is 0 Å². The molecule has 0 saturated carbocycles. The molecule has 0 amide bonds. The lowest BCUT2D eigenvalue weighted by Crippen LogP contribution is -1.98. The van der Waals surface area contributed by atoms with Crippen LogP contribution in [0.4, 0.5) is 0 Å². The van der Waals surface area contributed by atoms with Crippen molar-refractivity contribution in [1.82, 2.24) is 0 Å². The zero-order valence-electron chi connectivity index (χ0n) is 8.72. The normalized spacial score (nSPS) is 17.6. The number of rotatable bonds is 1. The molecule has 0 aliphatic heterocycles. The lowest BCUT2D eigenvalue weighted by molar-refractivity contribution is 0.475. The van der Waals surface area contributed by atoms with E-state index < -0.39 is 0 Å². The molecular weight excluding hydrogens is 198 g/mol. The van der Waals surface area contributed by atoms with Crippen molar-refractivity contribution >= 4 is 23.6 Å². The predicted molar refractivity (Wildman–Crippen MR) is 66.9 cm³/mol. The fourth-order valence-corrected chi connectivity index (χ4v) is 2.29. The third kappa shape index (κ3) is 1.10. The van der Waals surface area contributed by atoms with Crippen LogP contribution in [-0.4, -0.2) is 11.8 Å². The molecule has 0 heterocycles. The summed E-state index contributed by atoms with van der Waals surface area (Å²) in [5.41, 5.74) is 1.99. The first-order chi connectivity index (χ1) is 7.81. The second-order valence-electron chi connectivity index (χ2n) is 3.93. The van der Waals surface area contributed by atoms with Gasteiger partial charge in [-0.3, -0.25) is 4.99 Å². The van der Waals surface area contributed by atoms with Crippen LogP contribution in [0.25, 0.3) is 16.8 Å². The van der Waals surface area contributed by atoms with Gasteiger partial charge in [0.15, 0.2) is 0 Å². The number of aromatic hydroxyl groups is 1. The van der Waals surface area contributed by atoms with Crippen molar-refractivity contribution in [3.63, 3.8) is 0 Å². The van der Waals surface area contributed by atoms with E-state index in [4.69, 9.17) is 0 Å². The van der Waals surface area contributed by atoms with Gasteiger partial charge in [0, 0.05) is 5.56 Å². The van der Waals surface area contributed by atoms with Crippen LogP contribution in [0.3, 0.4) is 0 Å². The molecule has 0 aromatic heterocycles. The third-order valence-electron chi connectivity index (χ3n) is 3.06. The molecule has 16 heavy (non-hydrogen) atoms. The Morgan fingerprint density at radius 1 is 1.19 bits per heavy atom. The van der Waals surface area contributed by atoms with Crippen LogP contribution in [0.1, 0.15) is 17.2 Å². The van der Waals surface area contributed by atoms with Crippen molar-refractivity contribution in [1.29, 1.82) is 0 Å². The number of phenols is 1. The summed E-state index contributed by atoms with van der Waals surface area (Å²) in [6.07, 6.45) is 3.88. The van der Waals surface area contributed by atoms with Crippen LogP contribution in [0.5, 0.6) is 5.75 Å². The fourth-order valence-electron chi connectivity index (χ4n) is 2.29. The summed E-state index contributed by atoms with van der Waals surface area (Å²) in [7, 11) is 0. The molecule has 0 fully saturated rings. The minimum Gasteiger partial charge on any atom is -0.507 e. The Labute approximate surface area is 93.6 Å². The van der Waals surface area contributed by atoms with Gasteiger partial charge < -0.3 is 5.11 Å². The largest absolute Gasteiger partial charge is 0.507 e. The number of hydrogen-bond acceptors (Lipinski definition) is 2. The highest BCUT2D eigenvalue weighted by molar-refractivity contribution is 5.97. The first-order valence-corrected chi connectivity index (χ1v) is 5.20. The summed E-state index contributed by atoms with van der Waals surface area (Å²) in [4.78, 5) is 4.08. The highest BCUT2D eigenvalue weighted by atomic mass is 16.3. The standard InChI is InChI=1S/C14H11NO/c1-15-12-7-6-11-13(16)8-5-9-3-2-4-10(12)14(9)11/h2-8,12,16H,1H2. The lowest BCUT2D eigenvalue weighted by Gasteiger charge is -2.18. The average Bonchev–Trinajstić information content (AvgIpc) is 2.34. The summed E-state index contributed by atoms with van der Waals surface area (Å²) in [5, 5.41) is 12.0. The Bertz CT molecular complexity index is 613. The van der Waals surface area contributed by atoms with Crippen molar-refractivity contribution in [2.45, 2.75) is 6.04 Å². The molecule has 0 bridgehead atoms. The Morgan fingerprint density at radius 2 is 2.06 bits per heavy atom. The molecule has 1 aliphatic rings. The second-order valence-corrected chi connectivity index (χ2v) is 3.93. The summed E-state index contributed by atoms with van der Waals surface area (Å²) in [5.74, 6) is 0.318. The SMILES string of the molecule is C=NC1C=Cc2c(O)ccc3cccc1c23. The number of aliphatic imine (C=N–C) groups is 1. The topological polar surface area (TPSA) is 32.6 Å². The van der Waals surface area contributed by atoms with Crippen molar-refractivity contribution in [3.05, 3.63) is 47.5 Å².